The number of rotatable bonds is 8. The van der Waals surface area contributed by atoms with Gasteiger partial charge < -0.3 is 24.1 Å². The van der Waals surface area contributed by atoms with Crippen LogP contribution in [0.3, 0.4) is 0 Å². The van der Waals surface area contributed by atoms with Crippen molar-refractivity contribution in [2.45, 2.75) is 37.7 Å². The Kier molecular flexibility index (Phi) is 11.7. The molecule has 214 valence electrons. The van der Waals surface area contributed by atoms with Crippen LogP contribution >= 0.6 is 0 Å². The standard InChI is InChI=1S/C13H14F3NO3.C12H12F3NO3.Li/c1-19-12(18)11(17-6-3-7-17)9-4-2-5-10(8-9)20-13(14,15)16;13-12(14,15)19-9-4-1-3-8(7-9)10(11(17)18)16-5-2-6-16;/h2,4-5,8,11H,3,6-7H2,1H3;1,3-4,7,10H,2,5-6H2,(H,17,18);/q;;+1/p-1. The maximum Gasteiger partial charge on any atom is 1.00 e. The molecule has 0 amide bonds. The third kappa shape index (κ3) is 9.62. The summed E-state index contributed by atoms with van der Waals surface area (Å²) < 4.78 is 85.3. The largest absolute Gasteiger partial charge is 1.00 e. The summed E-state index contributed by atoms with van der Waals surface area (Å²) in [6, 6.07) is 8.67. The predicted molar refractivity (Wildman–Crippen MR) is 121 cm³/mol. The van der Waals surface area contributed by atoms with Crippen LogP contribution in [0.4, 0.5) is 26.3 Å². The first-order valence-corrected chi connectivity index (χ1v) is 11.8. The van der Waals surface area contributed by atoms with Gasteiger partial charge in [-0.3, -0.25) is 9.80 Å². The SMILES string of the molecule is COC(=O)C(c1cccc(OC(F)(F)F)c1)N1CCC1.O=C([O-])C(c1cccc(OC(F)(F)F)c1)N1CCC1.[Li+]. The number of alkyl halides is 6. The Balaban J connectivity index is 0.000000274. The number of esters is 1. The van der Waals surface area contributed by atoms with Crippen LogP contribution in [0.5, 0.6) is 11.5 Å². The summed E-state index contributed by atoms with van der Waals surface area (Å²) in [5.41, 5.74) is 0.653. The van der Waals surface area contributed by atoms with E-state index in [1.165, 1.54) is 37.4 Å². The topological polar surface area (TPSA) is 91.4 Å². The molecule has 15 heteroatoms. The zero-order valence-corrected chi connectivity index (χ0v) is 21.6. The van der Waals surface area contributed by atoms with Crippen molar-refractivity contribution in [2.75, 3.05) is 33.3 Å². The van der Waals surface area contributed by atoms with Gasteiger partial charge in [-0.15, -0.1) is 26.3 Å². The van der Waals surface area contributed by atoms with Gasteiger partial charge in [-0.2, -0.15) is 0 Å². The number of carboxylic acid groups (broad SMARTS) is 1. The number of carbonyl (C=O) groups is 2. The van der Waals surface area contributed by atoms with Crippen LogP contribution in [0.1, 0.15) is 36.1 Å². The molecule has 4 rings (SSSR count). The van der Waals surface area contributed by atoms with Crippen molar-refractivity contribution in [3.8, 4) is 11.5 Å². The van der Waals surface area contributed by atoms with Crippen LogP contribution in [0.25, 0.3) is 0 Å². The number of hydrogen-bond acceptors (Lipinski definition) is 8. The minimum Gasteiger partial charge on any atom is -0.548 e. The predicted octanol–water partition coefficient (Wildman–Crippen LogP) is 0.591. The molecule has 0 spiro atoms. The first kappa shape index (κ1) is 33.3. The minimum atomic E-state index is -4.80. The molecule has 2 aromatic carbocycles. The van der Waals surface area contributed by atoms with Crippen LogP contribution in [0.2, 0.25) is 0 Å². The smallest absolute Gasteiger partial charge is 0.548 e. The number of carbonyl (C=O) groups excluding carboxylic acids is 2. The quantitative estimate of drug-likeness (QED) is 0.259. The van der Waals surface area contributed by atoms with Gasteiger partial charge in [0.25, 0.3) is 0 Å². The van der Waals surface area contributed by atoms with Crippen LogP contribution in [-0.4, -0.2) is 67.8 Å². The van der Waals surface area contributed by atoms with E-state index in [1.54, 1.807) is 11.0 Å². The van der Waals surface area contributed by atoms with E-state index >= 15 is 0 Å². The fourth-order valence-corrected chi connectivity index (χ4v) is 4.06. The maximum atomic E-state index is 12.2. The van der Waals surface area contributed by atoms with E-state index < -0.39 is 42.5 Å². The molecular weight excluding hydrogens is 545 g/mol. The fourth-order valence-electron chi connectivity index (χ4n) is 4.06. The summed E-state index contributed by atoms with van der Waals surface area (Å²) in [4.78, 5) is 26.4. The molecule has 0 N–H and O–H groups in total. The minimum absolute atomic E-state index is 0. The molecule has 40 heavy (non-hydrogen) atoms. The van der Waals surface area contributed by atoms with Crippen molar-refractivity contribution in [1.82, 2.24) is 9.80 Å². The number of nitrogens with zero attached hydrogens (tertiary/aromatic N) is 2. The van der Waals surface area contributed by atoms with Gasteiger partial charge in [-0.05, 0) is 48.2 Å². The third-order valence-corrected chi connectivity index (χ3v) is 5.97. The Bertz CT molecular complexity index is 1140. The summed E-state index contributed by atoms with van der Waals surface area (Å²) in [7, 11) is 1.26. The number of halogens is 6. The summed E-state index contributed by atoms with van der Waals surface area (Å²) >= 11 is 0. The van der Waals surface area contributed by atoms with Crippen molar-refractivity contribution in [2.24, 2.45) is 0 Å². The van der Waals surface area contributed by atoms with E-state index in [2.05, 4.69) is 9.47 Å². The van der Waals surface area contributed by atoms with Gasteiger partial charge in [0.05, 0.1) is 19.1 Å². The van der Waals surface area contributed by atoms with E-state index in [0.29, 0.717) is 31.7 Å². The van der Waals surface area contributed by atoms with Gasteiger partial charge in [-0.1, -0.05) is 24.3 Å². The van der Waals surface area contributed by atoms with Crippen molar-refractivity contribution in [1.29, 1.82) is 0 Å². The normalized spacial score (nSPS) is 17.0. The Labute approximate surface area is 237 Å². The molecule has 2 aliphatic rings. The molecule has 2 saturated heterocycles. The molecule has 0 aromatic heterocycles. The van der Waals surface area contributed by atoms with E-state index in [4.69, 9.17) is 4.74 Å². The zero-order valence-electron chi connectivity index (χ0n) is 21.6. The summed E-state index contributed by atoms with van der Waals surface area (Å²) in [6.45, 7) is 2.60. The van der Waals surface area contributed by atoms with E-state index in [0.717, 1.165) is 25.0 Å². The van der Waals surface area contributed by atoms with Gasteiger partial charge in [0.15, 0.2) is 0 Å². The number of methoxy groups -OCH3 is 1. The summed E-state index contributed by atoms with van der Waals surface area (Å²) in [5.74, 6) is -2.60. The molecule has 2 aliphatic heterocycles. The Hall–Kier alpha value is -2.92. The average molecular weight is 570 g/mol. The monoisotopic (exact) mass is 570 g/mol. The van der Waals surface area contributed by atoms with Crippen molar-refractivity contribution in [3.05, 3.63) is 59.7 Å². The molecule has 0 aliphatic carbocycles. The molecule has 2 unspecified atom stereocenters. The molecule has 0 saturated carbocycles. The van der Waals surface area contributed by atoms with E-state index in [1.807, 2.05) is 4.90 Å². The molecular formula is C25H25F6LiN2O6. The first-order chi connectivity index (χ1) is 18.3. The van der Waals surface area contributed by atoms with Crippen LogP contribution in [0, 0.1) is 0 Å². The second-order valence-corrected chi connectivity index (χ2v) is 8.67. The van der Waals surface area contributed by atoms with Crippen molar-refractivity contribution < 1.29 is 74.1 Å². The first-order valence-electron chi connectivity index (χ1n) is 11.8. The second kappa shape index (κ2) is 14.1. The Morgan fingerprint density at radius 1 is 0.775 bits per heavy atom. The molecule has 0 radical (unpaired) electrons. The molecule has 8 nitrogen and oxygen atoms in total. The number of aliphatic carboxylic acids is 1. The van der Waals surface area contributed by atoms with Crippen LogP contribution in [-0.2, 0) is 14.3 Å². The van der Waals surface area contributed by atoms with Crippen molar-refractivity contribution >= 4 is 11.9 Å². The van der Waals surface area contributed by atoms with E-state index in [9.17, 15) is 41.0 Å². The fraction of sp³-hybridized carbons (Fsp3) is 0.440. The molecule has 2 aromatic rings. The van der Waals surface area contributed by atoms with E-state index in [-0.39, 0.29) is 30.2 Å². The number of hydrogen-bond donors (Lipinski definition) is 0. The summed E-state index contributed by atoms with van der Waals surface area (Å²) in [6.07, 6.45) is -7.74. The second-order valence-electron chi connectivity index (χ2n) is 8.67. The number of benzene rings is 2. The zero-order chi connectivity index (χ0) is 28.8. The van der Waals surface area contributed by atoms with Crippen molar-refractivity contribution in [3.63, 3.8) is 0 Å². The van der Waals surface area contributed by atoms with Gasteiger partial charge in [-0.25, -0.2) is 4.79 Å². The molecule has 2 atom stereocenters. The Morgan fingerprint density at radius 3 is 1.50 bits per heavy atom. The molecule has 2 heterocycles. The number of likely N-dealkylation sites (tertiary alicyclic amines) is 2. The van der Waals surface area contributed by atoms with Gasteiger partial charge in [0, 0.05) is 26.2 Å². The summed E-state index contributed by atoms with van der Waals surface area (Å²) in [5, 5.41) is 11.1. The van der Waals surface area contributed by atoms with Gasteiger partial charge >= 0.3 is 37.6 Å². The maximum absolute atomic E-state index is 12.2. The van der Waals surface area contributed by atoms with Crippen LogP contribution in [0.15, 0.2) is 48.5 Å². The third-order valence-electron chi connectivity index (χ3n) is 5.97. The molecule has 2 fully saturated rings. The van der Waals surface area contributed by atoms with Gasteiger partial charge in [0.2, 0.25) is 0 Å². The van der Waals surface area contributed by atoms with Gasteiger partial charge in [0.1, 0.15) is 17.5 Å². The van der Waals surface area contributed by atoms with Crippen LogP contribution < -0.4 is 33.4 Å². The molecule has 0 bridgehead atoms. The number of carboxylic acids is 1. The Morgan fingerprint density at radius 2 is 1.18 bits per heavy atom. The number of ether oxygens (including phenoxy) is 3. The average Bonchev–Trinajstić information content (AvgIpc) is 2.76.